The van der Waals surface area contributed by atoms with Crippen molar-refractivity contribution in [2.24, 2.45) is 0 Å². The van der Waals surface area contributed by atoms with E-state index < -0.39 is 0 Å². The van der Waals surface area contributed by atoms with Crippen LogP contribution < -0.4 is 4.74 Å². The van der Waals surface area contributed by atoms with Crippen molar-refractivity contribution in [3.05, 3.63) is 54.0 Å². The Morgan fingerprint density at radius 3 is 2.33 bits per heavy atom. The van der Waals surface area contributed by atoms with Crippen LogP contribution >= 0.6 is 0 Å². The van der Waals surface area contributed by atoms with Gasteiger partial charge in [0.15, 0.2) is 0 Å². The van der Waals surface area contributed by atoms with E-state index in [2.05, 4.69) is 0 Å². The van der Waals surface area contributed by atoms with Crippen molar-refractivity contribution in [1.29, 1.82) is 0 Å². The van der Waals surface area contributed by atoms with Crippen molar-refractivity contribution in [2.75, 3.05) is 0 Å². The highest BCUT2D eigenvalue weighted by Crippen LogP contribution is 2.44. The van der Waals surface area contributed by atoms with E-state index in [1.54, 1.807) is 0 Å². The van der Waals surface area contributed by atoms with Gasteiger partial charge >= 0.3 is 5.97 Å². The molecule has 0 aliphatic rings. The van der Waals surface area contributed by atoms with Gasteiger partial charge in [0.25, 0.3) is 0 Å². The Bertz CT molecular complexity index is 1080. The van der Waals surface area contributed by atoms with Crippen molar-refractivity contribution >= 4 is 27.7 Å². The average Bonchev–Trinajstić information content (AvgIpc) is 3.12. The maximum atomic E-state index is 11.6. The van der Waals surface area contributed by atoms with E-state index >= 15 is 0 Å². The van der Waals surface area contributed by atoms with Gasteiger partial charge in [-0.3, -0.25) is 4.79 Å². The second-order valence-electron chi connectivity index (χ2n) is 5.85. The third kappa shape index (κ3) is 2.19. The standard InChI is InChI=1S/C20H16O4/c1-11-8-9-17(22-11)18-14-6-4-5-7-15(14)19(24-13(3)21)16-10-12(2)23-20(16)18/h4-10H,1-3H3. The number of benzene rings is 2. The molecule has 0 aliphatic carbocycles. The quantitative estimate of drug-likeness (QED) is 0.367. The number of carbonyl (C=O) groups excluding carboxylic acids is 1. The van der Waals surface area contributed by atoms with Gasteiger partial charge in [-0.25, -0.2) is 0 Å². The lowest BCUT2D eigenvalue weighted by molar-refractivity contribution is -0.131. The molecule has 4 rings (SSSR count). The molecular weight excluding hydrogens is 304 g/mol. The summed E-state index contributed by atoms with van der Waals surface area (Å²) in [6, 6.07) is 13.5. The van der Waals surface area contributed by atoms with Crippen LogP contribution in [0.4, 0.5) is 0 Å². The van der Waals surface area contributed by atoms with Crippen LogP contribution in [-0.4, -0.2) is 5.97 Å². The molecule has 2 heterocycles. The highest BCUT2D eigenvalue weighted by molar-refractivity contribution is 6.15. The first-order valence-electron chi connectivity index (χ1n) is 7.74. The fourth-order valence-electron chi connectivity index (χ4n) is 3.10. The molecule has 0 spiro atoms. The topological polar surface area (TPSA) is 52.6 Å². The molecule has 0 unspecified atom stereocenters. The fraction of sp³-hybridized carbons (Fsp3) is 0.150. The van der Waals surface area contributed by atoms with E-state index in [0.717, 1.165) is 39.0 Å². The predicted molar refractivity (Wildman–Crippen MR) is 92.2 cm³/mol. The van der Waals surface area contributed by atoms with Gasteiger partial charge in [0, 0.05) is 17.7 Å². The van der Waals surface area contributed by atoms with Crippen LogP contribution in [0.2, 0.25) is 0 Å². The summed E-state index contributed by atoms with van der Waals surface area (Å²) in [6.45, 7) is 5.18. The summed E-state index contributed by atoms with van der Waals surface area (Å²) in [4.78, 5) is 11.6. The highest BCUT2D eigenvalue weighted by atomic mass is 16.5. The predicted octanol–water partition coefficient (Wildman–Crippen LogP) is 5.39. The Morgan fingerprint density at radius 2 is 1.67 bits per heavy atom. The fourth-order valence-corrected chi connectivity index (χ4v) is 3.10. The Hall–Kier alpha value is -3.01. The molecule has 0 bridgehead atoms. The first kappa shape index (κ1) is 14.6. The van der Waals surface area contributed by atoms with Crippen LogP contribution in [0.3, 0.4) is 0 Å². The third-order valence-electron chi connectivity index (χ3n) is 4.00. The molecule has 0 aliphatic heterocycles. The number of hydrogen-bond acceptors (Lipinski definition) is 4. The first-order valence-corrected chi connectivity index (χ1v) is 7.74. The lowest BCUT2D eigenvalue weighted by atomic mass is 9.98. The molecule has 0 N–H and O–H groups in total. The van der Waals surface area contributed by atoms with Gasteiger partial charge in [-0.2, -0.15) is 0 Å². The minimum atomic E-state index is -0.359. The number of furan rings is 2. The van der Waals surface area contributed by atoms with E-state index in [-0.39, 0.29) is 5.97 Å². The molecule has 2 aromatic carbocycles. The molecule has 2 aromatic heterocycles. The Kier molecular flexibility index (Phi) is 3.20. The molecule has 0 fully saturated rings. The maximum absolute atomic E-state index is 11.6. The molecule has 0 amide bonds. The number of fused-ring (bicyclic) bond motifs is 2. The van der Waals surface area contributed by atoms with Crippen LogP contribution in [0.5, 0.6) is 5.75 Å². The second kappa shape index (κ2) is 5.27. The number of ether oxygens (including phenoxy) is 1. The minimum Gasteiger partial charge on any atom is -0.461 e. The Balaban J connectivity index is 2.20. The summed E-state index contributed by atoms with van der Waals surface area (Å²) in [5.41, 5.74) is 1.54. The van der Waals surface area contributed by atoms with Gasteiger partial charge in [0.05, 0.1) is 10.9 Å². The molecule has 4 aromatic rings. The van der Waals surface area contributed by atoms with Crippen LogP contribution in [-0.2, 0) is 4.79 Å². The molecule has 4 heteroatoms. The summed E-state index contributed by atoms with van der Waals surface area (Å²) in [5, 5.41) is 2.54. The zero-order valence-electron chi connectivity index (χ0n) is 13.7. The van der Waals surface area contributed by atoms with Gasteiger partial charge in [0.2, 0.25) is 0 Å². The monoisotopic (exact) mass is 320 g/mol. The number of carbonyl (C=O) groups is 1. The summed E-state index contributed by atoms with van der Waals surface area (Å²) < 4.78 is 17.3. The minimum absolute atomic E-state index is 0.359. The second-order valence-corrected chi connectivity index (χ2v) is 5.85. The van der Waals surface area contributed by atoms with Crippen LogP contribution in [0, 0.1) is 13.8 Å². The normalized spacial score (nSPS) is 11.3. The van der Waals surface area contributed by atoms with Crippen molar-refractivity contribution in [1.82, 2.24) is 0 Å². The molecule has 0 radical (unpaired) electrons. The molecule has 0 atom stereocenters. The van der Waals surface area contributed by atoms with Gasteiger partial charge < -0.3 is 13.6 Å². The van der Waals surface area contributed by atoms with E-state index in [4.69, 9.17) is 13.6 Å². The zero-order chi connectivity index (χ0) is 16.8. The van der Waals surface area contributed by atoms with Gasteiger partial charge in [-0.1, -0.05) is 24.3 Å². The zero-order valence-corrected chi connectivity index (χ0v) is 13.7. The van der Waals surface area contributed by atoms with Gasteiger partial charge in [0.1, 0.15) is 28.6 Å². The summed E-state index contributed by atoms with van der Waals surface area (Å²) >= 11 is 0. The van der Waals surface area contributed by atoms with Crippen molar-refractivity contribution in [3.8, 4) is 17.1 Å². The smallest absolute Gasteiger partial charge is 0.308 e. The van der Waals surface area contributed by atoms with Crippen LogP contribution in [0.25, 0.3) is 33.1 Å². The van der Waals surface area contributed by atoms with E-state index in [1.165, 1.54) is 6.92 Å². The average molecular weight is 320 g/mol. The van der Waals surface area contributed by atoms with E-state index in [0.29, 0.717) is 11.3 Å². The van der Waals surface area contributed by atoms with Crippen LogP contribution in [0.15, 0.2) is 51.3 Å². The lowest BCUT2D eigenvalue weighted by Crippen LogP contribution is -2.02. The highest BCUT2D eigenvalue weighted by Gasteiger charge is 2.22. The number of rotatable bonds is 2. The largest absolute Gasteiger partial charge is 0.461 e. The molecular formula is C20H16O4. The summed E-state index contributed by atoms with van der Waals surface area (Å²) in [6.07, 6.45) is 0. The summed E-state index contributed by atoms with van der Waals surface area (Å²) in [7, 11) is 0. The van der Waals surface area contributed by atoms with E-state index in [9.17, 15) is 4.79 Å². The molecule has 0 saturated heterocycles. The number of aryl methyl sites for hydroxylation is 2. The van der Waals surface area contributed by atoms with E-state index in [1.807, 2.05) is 56.3 Å². The number of esters is 1. The molecule has 4 nitrogen and oxygen atoms in total. The number of hydrogen-bond donors (Lipinski definition) is 0. The molecule has 0 saturated carbocycles. The van der Waals surface area contributed by atoms with Gasteiger partial charge in [-0.05, 0) is 32.0 Å². The van der Waals surface area contributed by atoms with Crippen molar-refractivity contribution in [2.45, 2.75) is 20.8 Å². The van der Waals surface area contributed by atoms with Crippen molar-refractivity contribution < 1.29 is 18.4 Å². The lowest BCUT2D eigenvalue weighted by Gasteiger charge is -2.11. The molecule has 24 heavy (non-hydrogen) atoms. The third-order valence-corrected chi connectivity index (χ3v) is 4.00. The maximum Gasteiger partial charge on any atom is 0.308 e. The first-order chi connectivity index (χ1) is 11.5. The Labute approximate surface area is 138 Å². The summed E-state index contributed by atoms with van der Waals surface area (Å²) in [5.74, 6) is 2.48. The molecule has 120 valence electrons. The van der Waals surface area contributed by atoms with Gasteiger partial charge in [-0.15, -0.1) is 0 Å². The van der Waals surface area contributed by atoms with Crippen molar-refractivity contribution in [3.63, 3.8) is 0 Å². The SMILES string of the molecule is CC(=O)Oc1c2ccccc2c(-c2ccc(C)o2)c2oc(C)cc12. The Morgan fingerprint density at radius 1 is 0.917 bits per heavy atom. The van der Waals surface area contributed by atoms with Crippen LogP contribution in [0.1, 0.15) is 18.4 Å².